The number of hydrogen-bond acceptors (Lipinski definition) is 1. The van der Waals surface area contributed by atoms with Gasteiger partial charge in [0.15, 0.2) is 0 Å². The summed E-state index contributed by atoms with van der Waals surface area (Å²) in [6.07, 6.45) is 1.88. The van der Waals surface area contributed by atoms with Crippen molar-refractivity contribution >= 4 is 0 Å². The molecule has 0 saturated carbocycles. The second-order valence-electron chi connectivity index (χ2n) is 7.53. The van der Waals surface area contributed by atoms with Gasteiger partial charge < -0.3 is 0 Å². The molecule has 1 aromatic heterocycles. The first-order valence-electron chi connectivity index (χ1n) is 8.70. The Kier molecular flexibility index (Phi) is 3.35. The van der Waals surface area contributed by atoms with Crippen molar-refractivity contribution in [2.24, 2.45) is 0 Å². The average Bonchev–Trinajstić information content (AvgIpc) is 2.82. The number of nitrogens with zero attached hydrogens (tertiary/aromatic N) is 1. The van der Waals surface area contributed by atoms with Crippen LogP contribution in [0.25, 0.3) is 22.4 Å². The van der Waals surface area contributed by atoms with E-state index in [1.807, 2.05) is 12.3 Å². The third-order valence-electron chi connectivity index (χ3n) is 5.32. The lowest BCUT2D eigenvalue weighted by molar-refractivity contribution is 0.660. The van der Waals surface area contributed by atoms with E-state index in [0.29, 0.717) is 5.92 Å². The molecule has 1 aliphatic rings. The summed E-state index contributed by atoms with van der Waals surface area (Å²) in [6.45, 7) is 9.18. The van der Waals surface area contributed by atoms with Gasteiger partial charge in [-0.1, -0.05) is 58.0 Å². The standard InChI is InChI=1S/C23H23N/c1-15(2)17-13-18-16-9-5-6-10-20(16)23(3,4)21(18)14-19(17)22-11-7-8-12-24-22/h5-15H,1-4H3. The van der Waals surface area contributed by atoms with E-state index in [0.717, 1.165) is 5.69 Å². The summed E-state index contributed by atoms with van der Waals surface area (Å²) >= 11 is 0. The molecule has 1 aliphatic carbocycles. The molecule has 0 spiro atoms. The first kappa shape index (κ1) is 15.1. The van der Waals surface area contributed by atoms with E-state index in [1.54, 1.807) is 0 Å². The van der Waals surface area contributed by atoms with Gasteiger partial charge >= 0.3 is 0 Å². The number of hydrogen-bond donors (Lipinski definition) is 0. The fraction of sp³-hybridized carbons (Fsp3) is 0.261. The molecule has 3 aromatic rings. The zero-order valence-electron chi connectivity index (χ0n) is 14.8. The highest BCUT2D eigenvalue weighted by atomic mass is 14.7. The fourth-order valence-corrected chi connectivity index (χ4v) is 3.99. The topological polar surface area (TPSA) is 12.9 Å². The van der Waals surface area contributed by atoms with E-state index in [9.17, 15) is 0 Å². The number of aromatic nitrogens is 1. The second kappa shape index (κ2) is 5.31. The summed E-state index contributed by atoms with van der Waals surface area (Å²) in [5.41, 5.74) is 9.35. The van der Waals surface area contributed by atoms with Crippen molar-refractivity contribution < 1.29 is 0 Å². The van der Waals surface area contributed by atoms with Crippen LogP contribution in [-0.4, -0.2) is 4.98 Å². The van der Waals surface area contributed by atoms with Crippen molar-refractivity contribution in [3.8, 4) is 22.4 Å². The summed E-state index contributed by atoms with van der Waals surface area (Å²) in [6, 6.07) is 19.8. The molecule has 24 heavy (non-hydrogen) atoms. The van der Waals surface area contributed by atoms with E-state index >= 15 is 0 Å². The van der Waals surface area contributed by atoms with Gasteiger partial charge in [0.05, 0.1) is 5.69 Å². The molecule has 0 unspecified atom stereocenters. The summed E-state index contributed by atoms with van der Waals surface area (Å²) in [5.74, 6) is 0.461. The number of rotatable bonds is 2. The highest BCUT2D eigenvalue weighted by Gasteiger charge is 2.36. The van der Waals surface area contributed by atoms with Crippen LogP contribution in [0.1, 0.15) is 50.3 Å². The second-order valence-corrected chi connectivity index (χ2v) is 7.53. The molecule has 0 bridgehead atoms. The predicted octanol–water partition coefficient (Wildman–Crippen LogP) is 6.18. The molecule has 0 atom stereocenters. The van der Waals surface area contributed by atoms with Gasteiger partial charge in [0.1, 0.15) is 0 Å². The summed E-state index contributed by atoms with van der Waals surface area (Å²) in [7, 11) is 0. The highest BCUT2D eigenvalue weighted by Crippen LogP contribution is 2.50. The van der Waals surface area contributed by atoms with Crippen LogP contribution in [0.15, 0.2) is 60.8 Å². The molecule has 0 aliphatic heterocycles. The molecule has 2 aromatic carbocycles. The third-order valence-corrected chi connectivity index (χ3v) is 5.32. The van der Waals surface area contributed by atoms with Crippen LogP contribution in [0.4, 0.5) is 0 Å². The largest absolute Gasteiger partial charge is 0.256 e. The van der Waals surface area contributed by atoms with Crippen LogP contribution in [0, 0.1) is 0 Å². The molecule has 1 heteroatoms. The predicted molar refractivity (Wildman–Crippen MR) is 101 cm³/mol. The maximum Gasteiger partial charge on any atom is 0.0704 e. The SMILES string of the molecule is CC(C)c1cc2c(cc1-c1ccccn1)C(C)(C)c1ccccc1-2. The number of fused-ring (bicyclic) bond motifs is 3. The molecule has 1 nitrogen and oxygen atoms in total. The molecule has 0 radical (unpaired) electrons. The van der Waals surface area contributed by atoms with Crippen molar-refractivity contribution in [3.63, 3.8) is 0 Å². The van der Waals surface area contributed by atoms with E-state index in [-0.39, 0.29) is 5.41 Å². The van der Waals surface area contributed by atoms with Crippen LogP contribution >= 0.6 is 0 Å². The van der Waals surface area contributed by atoms with Crippen molar-refractivity contribution in [1.82, 2.24) is 4.98 Å². The monoisotopic (exact) mass is 313 g/mol. The first-order chi connectivity index (χ1) is 11.5. The Balaban J connectivity index is 2.03. The van der Waals surface area contributed by atoms with Crippen LogP contribution in [0.3, 0.4) is 0 Å². The van der Waals surface area contributed by atoms with Crippen LogP contribution in [0.2, 0.25) is 0 Å². The van der Waals surface area contributed by atoms with Gasteiger partial charge in [0.2, 0.25) is 0 Å². The fourth-order valence-electron chi connectivity index (χ4n) is 3.99. The minimum Gasteiger partial charge on any atom is -0.256 e. The number of benzene rings is 2. The van der Waals surface area contributed by atoms with Crippen molar-refractivity contribution in [3.05, 3.63) is 77.5 Å². The molecule has 120 valence electrons. The smallest absolute Gasteiger partial charge is 0.0704 e. The molecule has 0 amide bonds. The van der Waals surface area contributed by atoms with Gasteiger partial charge in [-0.2, -0.15) is 0 Å². The quantitative estimate of drug-likeness (QED) is 0.550. The summed E-state index contributed by atoms with van der Waals surface area (Å²) in [4.78, 5) is 4.61. The maximum absolute atomic E-state index is 4.61. The molecular weight excluding hydrogens is 290 g/mol. The third kappa shape index (κ3) is 2.11. The zero-order chi connectivity index (χ0) is 16.9. The van der Waals surface area contributed by atoms with E-state index in [1.165, 1.54) is 33.4 Å². The van der Waals surface area contributed by atoms with Gasteiger partial charge in [-0.05, 0) is 58.0 Å². The van der Waals surface area contributed by atoms with Crippen molar-refractivity contribution in [1.29, 1.82) is 0 Å². The van der Waals surface area contributed by atoms with E-state index < -0.39 is 0 Å². The lowest BCUT2D eigenvalue weighted by Gasteiger charge is -2.23. The van der Waals surface area contributed by atoms with E-state index in [2.05, 4.69) is 81.2 Å². The van der Waals surface area contributed by atoms with Crippen LogP contribution < -0.4 is 0 Å². The molecule has 4 rings (SSSR count). The highest BCUT2D eigenvalue weighted by molar-refractivity contribution is 5.84. The molecular formula is C23H23N. The lowest BCUT2D eigenvalue weighted by atomic mass is 9.80. The maximum atomic E-state index is 4.61. The van der Waals surface area contributed by atoms with Gasteiger partial charge in [-0.3, -0.25) is 4.98 Å². The van der Waals surface area contributed by atoms with Gasteiger partial charge in [-0.25, -0.2) is 0 Å². The summed E-state index contributed by atoms with van der Waals surface area (Å²) < 4.78 is 0. The van der Waals surface area contributed by atoms with Gasteiger partial charge in [0, 0.05) is 17.2 Å². The molecule has 0 fully saturated rings. The Morgan fingerprint density at radius 1 is 0.792 bits per heavy atom. The lowest BCUT2D eigenvalue weighted by Crippen LogP contribution is -2.15. The number of pyridine rings is 1. The van der Waals surface area contributed by atoms with Gasteiger partial charge in [0.25, 0.3) is 0 Å². The zero-order valence-corrected chi connectivity index (χ0v) is 14.8. The Morgan fingerprint density at radius 2 is 1.54 bits per heavy atom. The van der Waals surface area contributed by atoms with Crippen LogP contribution in [0.5, 0.6) is 0 Å². The molecule has 1 heterocycles. The Labute approximate surface area is 144 Å². The minimum atomic E-state index is 0.0327. The Hall–Kier alpha value is -2.41. The van der Waals surface area contributed by atoms with Crippen molar-refractivity contribution in [2.45, 2.75) is 39.0 Å². The van der Waals surface area contributed by atoms with Gasteiger partial charge in [-0.15, -0.1) is 0 Å². The summed E-state index contributed by atoms with van der Waals surface area (Å²) in [5, 5.41) is 0. The Morgan fingerprint density at radius 3 is 2.25 bits per heavy atom. The van der Waals surface area contributed by atoms with Crippen LogP contribution in [-0.2, 0) is 5.41 Å². The average molecular weight is 313 g/mol. The molecule has 0 saturated heterocycles. The normalized spacial score (nSPS) is 14.5. The first-order valence-corrected chi connectivity index (χ1v) is 8.70. The van der Waals surface area contributed by atoms with E-state index in [4.69, 9.17) is 0 Å². The molecule has 0 N–H and O–H groups in total. The van der Waals surface area contributed by atoms with Crippen molar-refractivity contribution in [2.75, 3.05) is 0 Å². The Bertz CT molecular complexity index is 905. The minimum absolute atomic E-state index is 0.0327.